The van der Waals surface area contributed by atoms with Gasteiger partial charge in [0.05, 0.1) is 30.5 Å². The van der Waals surface area contributed by atoms with Crippen molar-refractivity contribution in [2.75, 3.05) is 27.9 Å². The lowest BCUT2D eigenvalue weighted by molar-refractivity contribution is -0.302. The van der Waals surface area contributed by atoms with Crippen LogP contribution in [0.5, 0.6) is 0 Å². The summed E-state index contributed by atoms with van der Waals surface area (Å²) in [6.45, 7) is 11.2. The van der Waals surface area contributed by atoms with E-state index in [-0.39, 0.29) is 61.9 Å². The second-order valence-electron chi connectivity index (χ2n) is 17.1. The lowest BCUT2D eigenvalue weighted by Gasteiger charge is -2.47. The zero-order chi connectivity index (χ0) is 41.5. The predicted octanol–water partition coefficient (Wildman–Crippen LogP) is 4.47. The summed E-state index contributed by atoms with van der Waals surface area (Å²) in [6, 6.07) is -1.07. The van der Waals surface area contributed by atoms with E-state index in [1.165, 1.54) is 19.1 Å². The molecule has 3 fully saturated rings. The van der Waals surface area contributed by atoms with Crippen LogP contribution < -0.4 is 0 Å². The van der Waals surface area contributed by atoms with Gasteiger partial charge in [-0.25, -0.2) is 4.79 Å². The van der Waals surface area contributed by atoms with Crippen LogP contribution in [-0.4, -0.2) is 126 Å². The van der Waals surface area contributed by atoms with Gasteiger partial charge in [-0.1, -0.05) is 39.8 Å². The molecule has 0 aromatic rings. The number of nitrogens with zero attached hydrogens (tertiary/aromatic N) is 1. The third-order valence-corrected chi connectivity index (χ3v) is 13.0. The zero-order valence-electron chi connectivity index (χ0n) is 35.1. The highest BCUT2D eigenvalue weighted by atomic mass is 16.7. The van der Waals surface area contributed by atoms with Crippen LogP contribution in [0.25, 0.3) is 0 Å². The highest BCUT2D eigenvalue weighted by Gasteiger charge is 2.56. The van der Waals surface area contributed by atoms with Gasteiger partial charge in [0, 0.05) is 46.1 Å². The molecule has 4 rings (SSSR count). The Morgan fingerprint density at radius 2 is 1.57 bits per heavy atom. The number of ketones is 2. The molecule has 1 saturated carbocycles. The van der Waals surface area contributed by atoms with E-state index in [9.17, 15) is 34.5 Å². The first-order chi connectivity index (χ1) is 26.5. The minimum Gasteiger partial charge on any atom is -0.456 e. The number of aliphatic hydroxyl groups excluding tert-OH is 2. The van der Waals surface area contributed by atoms with Crippen LogP contribution in [0.2, 0.25) is 0 Å². The van der Waals surface area contributed by atoms with Gasteiger partial charge in [-0.2, -0.15) is 0 Å². The van der Waals surface area contributed by atoms with E-state index in [4.69, 9.17) is 23.7 Å². The third-order valence-electron chi connectivity index (χ3n) is 13.0. The SMILES string of the molecule is CCC1/C=C(\C)C(O)C(C)CC(OC)C2OC(O)(C(=O)C(=O)N3CCCCC3C(=O)OC(C(C)=CC3CCC(O)C(OC)C3)C(C)CCC1=O)C(C)CC2OC. The number of rotatable bonds is 6. The number of Topliss-reactive ketones (excluding diaryl/α,β-unsaturated/α-hetero) is 2. The molecule has 3 N–H and O–H groups in total. The lowest BCUT2D eigenvalue weighted by Crippen LogP contribution is -2.64. The molecule has 13 heteroatoms. The number of carbonyl (C=O) groups is 4. The molecule has 0 radical (unpaired) electrons. The smallest absolute Gasteiger partial charge is 0.329 e. The van der Waals surface area contributed by atoms with Gasteiger partial charge < -0.3 is 43.9 Å². The molecule has 56 heavy (non-hydrogen) atoms. The number of cyclic esters (lactones) is 1. The number of ether oxygens (including phenoxy) is 5. The van der Waals surface area contributed by atoms with E-state index >= 15 is 0 Å². The van der Waals surface area contributed by atoms with Crippen molar-refractivity contribution < 1.29 is 58.2 Å². The Bertz CT molecular complexity index is 1430. The van der Waals surface area contributed by atoms with E-state index in [2.05, 4.69) is 6.08 Å². The van der Waals surface area contributed by atoms with Crippen molar-refractivity contribution in [1.29, 1.82) is 0 Å². The fraction of sp³-hybridized carbons (Fsp3) is 0.814. The Balaban J connectivity index is 1.76. The van der Waals surface area contributed by atoms with Gasteiger partial charge in [0.25, 0.3) is 11.7 Å². The summed E-state index contributed by atoms with van der Waals surface area (Å²) in [5, 5.41) is 33.9. The number of methoxy groups -OCH3 is 3. The summed E-state index contributed by atoms with van der Waals surface area (Å²) in [5.41, 5.74) is 1.43. The molecule has 318 valence electrons. The third kappa shape index (κ3) is 10.6. The van der Waals surface area contributed by atoms with Crippen LogP contribution >= 0.6 is 0 Å². The number of fused-ring (bicyclic) bond motifs is 3. The van der Waals surface area contributed by atoms with Gasteiger partial charge in [-0.3, -0.25) is 14.4 Å². The first-order valence-electron chi connectivity index (χ1n) is 20.8. The predicted molar refractivity (Wildman–Crippen MR) is 208 cm³/mol. The number of hydrogen-bond donors (Lipinski definition) is 3. The maximum absolute atomic E-state index is 14.3. The molecule has 0 aromatic heterocycles. The largest absolute Gasteiger partial charge is 0.456 e. The Morgan fingerprint density at radius 1 is 0.911 bits per heavy atom. The second-order valence-corrected chi connectivity index (χ2v) is 17.1. The summed E-state index contributed by atoms with van der Waals surface area (Å²) < 4.78 is 29.7. The number of amides is 1. The van der Waals surface area contributed by atoms with Crippen molar-refractivity contribution in [2.45, 2.75) is 167 Å². The van der Waals surface area contributed by atoms with E-state index in [0.29, 0.717) is 44.1 Å². The van der Waals surface area contributed by atoms with Gasteiger partial charge in [-0.15, -0.1) is 0 Å². The zero-order valence-corrected chi connectivity index (χ0v) is 35.1. The van der Waals surface area contributed by atoms with Crippen molar-refractivity contribution in [2.24, 2.45) is 29.6 Å². The number of piperidine rings is 1. The van der Waals surface area contributed by atoms with E-state index in [1.807, 2.05) is 33.8 Å². The number of hydrogen-bond acceptors (Lipinski definition) is 12. The Hall–Kier alpha value is -2.52. The van der Waals surface area contributed by atoms with Crippen molar-refractivity contribution in [3.8, 4) is 0 Å². The summed E-state index contributed by atoms with van der Waals surface area (Å²) in [7, 11) is 4.56. The normalized spacial score (nSPS) is 41.6. The quantitative estimate of drug-likeness (QED) is 0.196. The highest BCUT2D eigenvalue weighted by molar-refractivity contribution is 6.39. The molecule has 1 amide bonds. The maximum atomic E-state index is 14.3. The van der Waals surface area contributed by atoms with Gasteiger partial charge >= 0.3 is 5.97 Å². The Morgan fingerprint density at radius 3 is 2.21 bits per heavy atom. The fourth-order valence-electron chi connectivity index (χ4n) is 9.31. The first kappa shape index (κ1) is 46.2. The minimum absolute atomic E-state index is 0.0182. The number of allylic oxidation sites excluding steroid dienone is 2. The molecule has 2 bridgehead atoms. The van der Waals surface area contributed by atoms with Crippen LogP contribution in [0.3, 0.4) is 0 Å². The summed E-state index contributed by atoms with van der Waals surface area (Å²) in [6.07, 6.45) is 4.00. The molecule has 13 nitrogen and oxygen atoms in total. The monoisotopic (exact) mass is 791 g/mol. The molecule has 3 heterocycles. The molecule has 1 aliphatic carbocycles. The molecule has 0 aromatic carbocycles. The minimum atomic E-state index is -2.53. The number of esters is 1. The van der Waals surface area contributed by atoms with Crippen molar-refractivity contribution >= 4 is 23.4 Å². The van der Waals surface area contributed by atoms with Crippen LogP contribution in [0.4, 0.5) is 0 Å². The topological polar surface area (TPSA) is 178 Å². The van der Waals surface area contributed by atoms with Crippen LogP contribution in [0.15, 0.2) is 23.3 Å². The molecule has 14 unspecified atom stereocenters. The van der Waals surface area contributed by atoms with Crippen molar-refractivity contribution in [3.05, 3.63) is 23.3 Å². The maximum Gasteiger partial charge on any atom is 0.329 e. The van der Waals surface area contributed by atoms with Gasteiger partial charge in [0.2, 0.25) is 5.79 Å². The standard InChI is InChI=1S/C43H69NO12/c1-10-30-20-25(3)37(47)26(4)21-35(53-8)39-36(54-9)22-28(6)43(51,56-39)40(48)41(49)44-18-12-11-13-31(44)42(50)55-38(24(2)14-16-32(30)45)27(5)19-29-15-17-33(46)34(23-29)52-7/h19-20,24,26,28-31,33-39,46-47,51H,10-18,21-23H2,1-9H3/b25-20+,27-19?. The molecule has 2 saturated heterocycles. The summed E-state index contributed by atoms with van der Waals surface area (Å²) in [4.78, 5) is 57.6. The molecule has 4 aliphatic rings. The second kappa shape index (κ2) is 20.4. The van der Waals surface area contributed by atoms with Crippen molar-refractivity contribution in [3.63, 3.8) is 0 Å². The summed E-state index contributed by atoms with van der Waals surface area (Å²) in [5.74, 6) is -7.26. The Kier molecular flexibility index (Phi) is 16.9. The van der Waals surface area contributed by atoms with E-state index in [1.54, 1.807) is 21.0 Å². The van der Waals surface area contributed by atoms with Gasteiger partial charge in [-0.05, 0) is 107 Å². The van der Waals surface area contributed by atoms with Gasteiger partial charge in [0.1, 0.15) is 24.0 Å². The molecule has 14 atom stereocenters. The number of aliphatic hydroxyl groups is 3. The van der Waals surface area contributed by atoms with Crippen LogP contribution in [0, 0.1) is 29.6 Å². The number of carbonyl (C=O) groups excluding carboxylic acids is 4. The van der Waals surface area contributed by atoms with Crippen LogP contribution in [-0.2, 0) is 42.9 Å². The highest BCUT2D eigenvalue weighted by Crippen LogP contribution is 2.39. The van der Waals surface area contributed by atoms with Crippen molar-refractivity contribution in [1.82, 2.24) is 4.90 Å². The fourth-order valence-corrected chi connectivity index (χ4v) is 9.31. The Labute approximate surface area is 333 Å². The summed E-state index contributed by atoms with van der Waals surface area (Å²) >= 11 is 0. The van der Waals surface area contributed by atoms with Crippen LogP contribution in [0.1, 0.15) is 112 Å². The van der Waals surface area contributed by atoms with Gasteiger partial charge in [0.15, 0.2) is 0 Å². The first-order valence-corrected chi connectivity index (χ1v) is 20.8. The molecular weight excluding hydrogens is 722 g/mol. The average Bonchev–Trinajstić information content (AvgIpc) is 3.19. The molecule has 0 spiro atoms. The van der Waals surface area contributed by atoms with E-state index < -0.39 is 77.9 Å². The molecule has 3 aliphatic heterocycles. The average molecular weight is 792 g/mol. The lowest BCUT2D eigenvalue weighted by atomic mass is 9.81. The van der Waals surface area contributed by atoms with E-state index in [0.717, 1.165) is 12.0 Å². The molecular formula is C43H69NO12.